The van der Waals surface area contributed by atoms with Gasteiger partial charge in [0.1, 0.15) is 0 Å². The molecule has 5 heteroatoms. The Labute approximate surface area is 57.0 Å². The lowest BCUT2D eigenvalue weighted by Crippen LogP contribution is -2.20. The third kappa shape index (κ3) is 8.03. The molecule has 1 atom stereocenters. The molecule has 56 valence electrons. The van der Waals surface area contributed by atoms with E-state index in [4.69, 9.17) is 4.55 Å². The first kappa shape index (κ1) is 9.03. The summed E-state index contributed by atoms with van der Waals surface area (Å²) in [6.45, 7) is 4.51. The average molecular weight is 153 g/mol. The minimum Gasteiger partial charge on any atom is -0.283 e. The monoisotopic (exact) mass is 153 g/mol. The minimum atomic E-state index is -2.19. The third-order valence-electron chi connectivity index (χ3n) is 0.622. The molecule has 9 heavy (non-hydrogen) atoms. The highest BCUT2D eigenvalue weighted by molar-refractivity contribution is 7.74. The van der Waals surface area contributed by atoms with Crippen LogP contribution in [0.15, 0.2) is 0 Å². The fraction of sp³-hybridized carbons (Fsp3) is 1.00. The Morgan fingerprint density at radius 2 is 2.33 bits per heavy atom. The second kappa shape index (κ2) is 4.87. The van der Waals surface area contributed by atoms with E-state index >= 15 is 0 Å². The molecule has 0 rings (SSSR count). The van der Waals surface area contributed by atoms with Crippen molar-refractivity contribution in [2.45, 2.75) is 13.8 Å². The smallest absolute Gasteiger partial charge is 0.283 e. The summed E-state index contributed by atoms with van der Waals surface area (Å²) in [6, 6.07) is 0. The fourth-order valence-corrected chi connectivity index (χ4v) is 0.420. The van der Waals surface area contributed by atoms with Crippen molar-refractivity contribution in [3.05, 3.63) is 0 Å². The molecule has 0 fully saturated rings. The number of rotatable bonds is 4. The summed E-state index contributed by atoms with van der Waals surface area (Å²) in [7, 11) is 0. The molecule has 0 bridgehead atoms. The normalized spacial score (nSPS) is 14.2. The highest BCUT2D eigenvalue weighted by Gasteiger charge is 1.94. The maximum absolute atomic E-state index is 9.81. The maximum Gasteiger partial charge on any atom is 0.319 e. The quantitative estimate of drug-likeness (QED) is 0.450. The molecule has 0 radical (unpaired) electrons. The Morgan fingerprint density at radius 1 is 1.78 bits per heavy atom. The number of hydrogen-bond acceptors (Lipinski definition) is 3. The van der Waals surface area contributed by atoms with Gasteiger partial charge in [0.25, 0.3) is 0 Å². The molecule has 0 aromatic rings. The summed E-state index contributed by atoms with van der Waals surface area (Å²) >= 11 is -2.19. The molecule has 0 amide bonds. The van der Waals surface area contributed by atoms with Gasteiger partial charge in [-0.25, -0.2) is 0 Å². The molecule has 0 aliphatic rings. The van der Waals surface area contributed by atoms with E-state index in [2.05, 4.69) is 9.76 Å². The first-order chi connectivity index (χ1) is 4.13. The Hall–Kier alpha value is 0.0300. The summed E-state index contributed by atoms with van der Waals surface area (Å²) in [5.74, 6) is 0.411. The highest BCUT2D eigenvalue weighted by Crippen LogP contribution is 1.86. The molecular weight excluding hydrogens is 142 g/mol. The van der Waals surface area contributed by atoms with Crippen molar-refractivity contribution in [3.63, 3.8) is 0 Å². The number of hydrogen-bond donors (Lipinski definition) is 2. The Balaban J connectivity index is 3.01. The van der Waals surface area contributed by atoms with Crippen LogP contribution < -0.4 is 5.48 Å². The van der Waals surface area contributed by atoms with Gasteiger partial charge in [-0.2, -0.15) is 14.0 Å². The van der Waals surface area contributed by atoms with Gasteiger partial charge in [0.15, 0.2) is 0 Å². The van der Waals surface area contributed by atoms with Crippen LogP contribution in [0.25, 0.3) is 0 Å². The molecule has 4 nitrogen and oxygen atoms in total. The van der Waals surface area contributed by atoms with E-state index in [1.807, 2.05) is 13.8 Å². The van der Waals surface area contributed by atoms with Gasteiger partial charge in [-0.1, -0.05) is 13.8 Å². The predicted molar refractivity (Wildman–Crippen MR) is 34.7 cm³/mol. The van der Waals surface area contributed by atoms with Gasteiger partial charge in [-0.15, -0.1) is 0 Å². The summed E-state index contributed by atoms with van der Waals surface area (Å²) in [5.41, 5.74) is 2.33. The maximum atomic E-state index is 9.81. The molecule has 0 saturated heterocycles. The van der Waals surface area contributed by atoms with Crippen LogP contribution in [0.3, 0.4) is 0 Å². The summed E-state index contributed by atoms with van der Waals surface area (Å²) < 4.78 is 22.0. The fourth-order valence-electron chi connectivity index (χ4n) is 0.251. The van der Waals surface area contributed by atoms with Gasteiger partial charge in [-0.05, 0) is 5.92 Å². The van der Waals surface area contributed by atoms with Gasteiger partial charge in [-0.3, -0.25) is 4.55 Å². The SMILES string of the molecule is CC(C)CNOS(=O)O. The molecule has 0 saturated carbocycles. The Bertz CT molecular complexity index is 95.8. The highest BCUT2D eigenvalue weighted by atomic mass is 32.2. The predicted octanol–water partition coefficient (Wildman–Crippen LogP) is 0.300. The topological polar surface area (TPSA) is 58.6 Å². The zero-order valence-electron chi connectivity index (χ0n) is 5.46. The first-order valence-electron chi connectivity index (χ1n) is 2.64. The zero-order chi connectivity index (χ0) is 7.28. The lowest BCUT2D eigenvalue weighted by Gasteiger charge is -2.02. The van der Waals surface area contributed by atoms with E-state index in [9.17, 15) is 4.21 Å². The van der Waals surface area contributed by atoms with Crippen molar-refractivity contribution in [3.8, 4) is 0 Å². The summed E-state index contributed by atoms with van der Waals surface area (Å²) in [5, 5.41) is 0. The van der Waals surface area contributed by atoms with Crippen molar-refractivity contribution in [2.75, 3.05) is 6.54 Å². The van der Waals surface area contributed by atoms with Gasteiger partial charge in [0.05, 0.1) is 0 Å². The Kier molecular flexibility index (Phi) is 4.88. The van der Waals surface area contributed by atoms with Crippen LogP contribution in [-0.4, -0.2) is 15.3 Å². The molecule has 0 aliphatic carbocycles. The lowest BCUT2D eigenvalue weighted by atomic mass is 10.2. The van der Waals surface area contributed by atoms with Gasteiger partial charge in [0.2, 0.25) is 0 Å². The van der Waals surface area contributed by atoms with E-state index in [-0.39, 0.29) is 0 Å². The molecule has 1 unspecified atom stereocenters. The molecule has 0 heterocycles. The van der Waals surface area contributed by atoms with Crippen molar-refractivity contribution < 1.29 is 13.0 Å². The van der Waals surface area contributed by atoms with Crippen LogP contribution in [-0.2, 0) is 15.6 Å². The second-order valence-electron chi connectivity index (χ2n) is 2.04. The molecule has 2 N–H and O–H groups in total. The second-order valence-corrected chi connectivity index (χ2v) is 2.64. The van der Waals surface area contributed by atoms with E-state index in [0.717, 1.165) is 0 Å². The number of hydroxylamine groups is 1. The van der Waals surface area contributed by atoms with Gasteiger partial charge in [0, 0.05) is 6.54 Å². The van der Waals surface area contributed by atoms with Crippen LogP contribution in [0.1, 0.15) is 13.8 Å². The van der Waals surface area contributed by atoms with Crippen molar-refractivity contribution in [2.24, 2.45) is 5.92 Å². The van der Waals surface area contributed by atoms with E-state index in [1.54, 1.807) is 0 Å². The largest absolute Gasteiger partial charge is 0.319 e. The van der Waals surface area contributed by atoms with Gasteiger partial charge < -0.3 is 0 Å². The summed E-state index contributed by atoms with van der Waals surface area (Å²) in [6.07, 6.45) is 0. The zero-order valence-corrected chi connectivity index (χ0v) is 6.27. The van der Waals surface area contributed by atoms with E-state index in [1.165, 1.54) is 0 Å². The van der Waals surface area contributed by atoms with Crippen LogP contribution in [0, 0.1) is 5.92 Å². The number of nitrogens with one attached hydrogen (secondary N) is 1. The molecule has 0 aromatic carbocycles. The Morgan fingerprint density at radius 3 is 2.67 bits per heavy atom. The van der Waals surface area contributed by atoms with Crippen LogP contribution in [0.2, 0.25) is 0 Å². The molecule has 0 aliphatic heterocycles. The lowest BCUT2D eigenvalue weighted by molar-refractivity contribution is 0.185. The molecular formula is C4H11NO3S. The van der Waals surface area contributed by atoms with Crippen molar-refractivity contribution >= 4 is 11.4 Å². The minimum absolute atomic E-state index is 0.411. The standard InChI is InChI=1S/C4H11NO3S/c1-4(2)3-5-8-9(6)7/h4-5H,3H2,1-2H3,(H,6,7). The van der Waals surface area contributed by atoms with E-state index in [0.29, 0.717) is 12.5 Å². The van der Waals surface area contributed by atoms with Crippen molar-refractivity contribution in [1.29, 1.82) is 0 Å². The third-order valence-corrected chi connectivity index (χ3v) is 0.882. The first-order valence-corrected chi connectivity index (χ1v) is 3.67. The van der Waals surface area contributed by atoms with E-state index < -0.39 is 11.4 Å². The van der Waals surface area contributed by atoms with Crippen molar-refractivity contribution in [1.82, 2.24) is 5.48 Å². The average Bonchev–Trinajstić information content (AvgIpc) is 1.63. The van der Waals surface area contributed by atoms with Crippen LogP contribution in [0.4, 0.5) is 0 Å². The molecule has 0 spiro atoms. The summed E-state index contributed by atoms with van der Waals surface area (Å²) in [4.78, 5) is 0. The van der Waals surface area contributed by atoms with Gasteiger partial charge >= 0.3 is 11.4 Å². The molecule has 0 aromatic heterocycles. The van der Waals surface area contributed by atoms with Crippen LogP contribution >= 0.6 is 0 Å². The van der Waals surface area contributed by atoms with Crippen LogP contribution in [0.5, 0.6) is 0 Å².